The number of ether oxygens (including phenoxy) is 3. The van der Waals surface area contributed by atoms with Gasteiger partial charge >= 0.3 is 0 Å². The highest BCUT2D eigenvalue weighted by Crippen LogP contribution is 2.28. The van der Waals surface area contributed by atoms with Gasteiger partial charge in [-0.05, 0) is 30.7 Å². The van der Waals surface area contributed by atoms with Gasteiger partial charge in [-0.25, -0.2) is 9.97 Å². The van der Waals surface area contributed by atoms with Crippen LogP contribution < -0.4 is 15.4 Å². The van der Waals surface area contributed by atoms with Gasteiger partial charge in [0.05, 0.1) is 31.2 Å². The second kappa shape index (κ2) is 9.94. The third kappa shape index (κ3) is 5.24. The van der Waals surface area contributed by atoms with Gasteiger partial charge in [-0.2, -0.15) is 0 Å². The molecule has 0 bridgehead atoms. The molecule has 0 spiro atoms. The molecule has 3 atom stereocenters. The molecule has 0 radical (unpaired) electrons. The lowest BCUT2D eigenvalue weighted by Gasteiger charge is -2.30. The molecule has 0 aliphatic carbocycles. The van der Waals surface area contributed by atoms with Crippen molar-refractivity contribution >= 4 is 23.2 Å². The predicted octanol–water partition coefficient (Wildman–Crippen LogP) is 0.315. The molecule has 2 amide bonds. The van der Waals surface area contributed by atoms with Crippen molar-refractivity contribution in [1.29, 1.82) is 0 Å². The first kappa shape index (κ1) is 23.1. The third-order valence-electron chi connectivity index (χ3n) is 5.80. The van der Waals surface area contributed by atoms with E-state index in [1.54, 1.807) is 25.1 Å². The molecular weight excluding hydrogens is 458 g/mol. The number of nitrogens with zero attached hydrogens (tertiary/aromatic N) is 3. The van der Waals surface area contributed by atoms with Crippen molar-refractivity contribution in [3.05, 3.63) is 47.0 Å². The number of aryl methyl sites for hydroxylation is 1. The van der Waals surface area contributed by atoms with Gasteiger partial charge in [0.2, 0.25) is 0 Å². The second-order valence-corrected chi connectivity index (χ2v) is 8.43. The van der Waals surface area contributed by atoms with Gasteiger partial charge in [-0.1, -0.05) is 11.2 Å². The van der Waals surface area contributed by atoms with E-state index in [1.807, 2.05) is 6.07 Å². The normalized spacial score (nSPS) is 23.4. The average molecular weight is 483 g/mol. The summed E-state index contributed by atoms with van der Waals surface area (Å²) in [6.07, 6.45) is -0.535. The van der Waals surface area contributed by atoms with Crippen molar-refractivity contribution in [2.45, 2.75) is 38.2 Å². The molecule has 5 rings (SSSR count). The first-order valence-corrected chi connectivity index (χ1v) is 11.2. The van der Waals surface area contributed by atoms with E-state index >= 15 is 0 Å². The number of carbonyl (C=O) groups excluding carboxylic acids is 2. The maximum atomic E-state index is 12.8. The Morgan fingerprint density at radius 1 is 1.20 bits per heavy atom. The van der Waals surface area contributed by atoms with Gasteiger partial charge in [0.25, 0.3) is 11.8 Å². The van der Waals surface area contributed by atoms with Gasteiger partial charge in [0.1, 0.15) is 35.2 Å². The van der Waals surface area contributed by atoms with Crippen LogP contribution in [0.1, 0.15) is 34.0 Å². The molecule has 0 saturated carbocycles. The summed E-state index contributed by atoms with van der Waals surface area (Å²) in [6.45, 7) is 2.42. The molecule has 2 aromatic rings. The molecule has 12 heteroatoms. The number of hydrogen-bond acceptors (Lipinski definition) is 10. The number of benzene rings is 1. The molecule has 4 heterocycles. The molecule has 184 valence electrons. The zero-order valence-corrected chi connectivity index (χ0v) is 19.0. The fraction of sp³-hybridized carbons (Fsp3) is 0.435. The van der Waals surface area contributed by atoms with Crippen molar-refractivity contribution in [1.82, 2.24) is 15.3 Å². The number of fused-ring (bicyclic) bond motifs is 1. The van der Waals surface area contributed by atoms with Crippen LogP contribution in [0.2, 0.25) is 0 Å². The van der Waals surface area contributed by atoms with E-state index < -0.39 is 0 Å². The minimum atomic E-state index is -0.370. The quantitative estimate of drug-likeness (QED) is 0.527. The lowest BCUT2D eigenvalue weighted by molar-refractivity contribution is -0.178. The minimum Gasteiger partial charge on any atom is -0.482 e. The number of aliphatic hydroxyl groups excluding tert-OH is 1. The van der Waals surface area contributed by atoms with Gasteiger partial charge in [0.15, 0.2) is 12.7 Å². The van der Waals surface area contributed by atoms with Crippen LogP contribution >= 0.6 is 0 Å². The smallest absolute Gasteiger partial charge is 0.270 e. The molecule has 3 N–H and O–H groups in total. The standard InChI is InChI=1S/C23H25N5O7/c1-12-25-15(16-6-20(35-28-16)21-10-32-14(8-29)9-33-21)5-18(26-12)23(31)24-7-13-2-3-19-17(4-13)27-22(30)11-34-19/h2-5,14,20-21,29H,6-11H2,1H3,(H,24,31)(H,27,30)/t14-,20+,21-/m1/s1. The molecule has 1 aromatic heterocycles. The first-order chi connectivity index (χ1) is 17.0. The Labute approximate surface area is 200 Å². The Kier molecular flexibility index (Phi) is 6.57. The zero-order valence-electron chi connectivity index (χ0n) is 19.0. The van der Waals surface area contributed by atoms with Crippen molar-refractivity contribution in [2.75, 3.05) is 31.7 Å². The summed E-state index contributed by atoms with van der Waals surface area (Å²) in [5.41, 5.74) is 2.66. The molecule has 1 aromatic carbocycles. The van der Waals surface area contributed by atoms with Gasteiger partial charge in [0, 0.05) is 13.0 Å². The maximum absolute atomic E-state index is 12.8. The van der Waals surface area contributed by atoms with E-state index in [9.17, 15) is 9.59 Å². The number of rotatable bonds is 6. The first-order valence-electron chi connectivity index (χ1n) is 11.2. The lowest BCUT2D eigenvalue weighted by Crippen LogP contribution is -2.43. The predicted molar refractivity (Wildman–Crippen MR) is 121 cm³/mol. The van der Waals surface area contributed by atoms with Crippen LogP contribution in [0.15, 0.2) is 29.4 Å². The van der Waals surface area contributed by atoms with Crippen LogP contribution in [-0.4, -0.2) is 77.3 Å². The molecule has 1 saturated heterocycles. The zero-order chi connectivity index (χ0) is 24.4. The van der Waals surface area contributed by atoms with Gasteiger partial charge < -0.3 is 34.8 Å². The van der Waals surface area contributed by atoms with Crippen LogP contribution in [0.4, 0.5) is 5.69 Å². The van der Waals surface area contributed by atoms with E-state index in [0.29, 0.717) is 41.7 Å². The Morgan fingerprint density at radius 3 is 2.89 bits per heavy atom. The number of oxime groups is 1. The Bertz CT molecular complexity index is 1160. The molecule has 12 nitrogen and oxygen atoms in total. The maximum Gasteiger partial charge on any atom is 0.270 e. The van der Waals surface area contributed by atoms with Gasteiger partial charge in [-0.3, -0.25) is 9.59 Å². The SMILES string of the molecule is Cc1nc(C(=O)NCc2ccc3c(c2)NC(=O)CO3)cc(C2=NO[C@H]([C@H]3CO[C@H](CO)CO3)C2)n1. The third-order valence-corrected chi connectivity index (χ3v) is 5.80. The average Bonchev–Trinajstić information content (AvgIpc) is 3.37. The molecule has 35 heavy (non-hydrogen) atoms. The summed E-state index contributed by atoms with van der Waals surface area (Å²) in [5.74, 6) is 0.424. The lowest BCUT2D eigenvalue weighted by atomic mass is 10.0. The Balaban J connectivity index is 1.21. The highest BCUT2D eigenvalue weighted by atomic mass is 16.7. The second-order valence-electron chi connectivity index (χ2n) is 8.43. The monoisotopic (exact) mass is 483 g/mol. The molecular formula is C23H25N5O7. The van der Waals surface area contributed by atoms with Crippen molar-refractivity contribution < 1.29 is 33.7 Å². The van der Waals surface area contributed by atoms with E-state index in [2.05, 4.69) is 25.8 Å². The number of nitrogens with one attached hydrogen (secondary N) is 2. The van der Waals surface area contributed by atoms with Gasteiger partial charge in [-0.15, -0.1) is 0 Å². The number of aromatic nitrogens is 2. The molecule has 3 aliphatic heterocycles. The van der Waals surface area contributed by atoms with E-state index in [-0.39, 0.29) is 62.2 Å². The number of hydrogen-bond donors (Lipinski definition) is 3. The molecule has 0 unspecified atom stereocenters. The van der Waals surface area contributed by atoms with Crippen LogP contribution in [0.25, 0.3) is 0 Å². The Morgan fingerprint density at radius 2 is 2.09 bits per heavy atom. The largest absolute Gasteiger partial charge is 0.482 e. The number of amides is 2. The fourth-order valence-corrected chi connectivity index (χ4v) is 3.97. The highest BCUT2D eigenvalue weighted by molar-refractivity contribution is 6.02. The number of aliphatic hydroxyl groups is 1. The minimum absolute atomic E-state index is 0.0127. The molecule has 1 fully saturated rings. The molecule has 3 aliphatic rings. The van der Waals surface area contributed by atoms with Crippen LogP contribution in [0.3, 0.4) is 0 Å². The summed E-state index contributed by atoms with van der Waals surface area (Å²) in [7, 11) is 0. The van der Waals surface area contributed by atoms with E-state index in [4.69, 9.17) is 24.2 Å². The number of anilines is 1. The van der Waals surface area contributed by atoms with E-state index in [1.165, 1.54) is 0 Å². The topological polar surface area (TPSA) is 153 Å². The van der Waals surface area contributed by atoms with E-state index in [0.717, 1.165) is 5.56 Å². The van der Waals surface area contributed by atoms with Crippen molar-refractivity contribution in [2.24, 2.45) is 5.16 Å². The number of carbonyl (C=O) groups is 2. The van der Waals surface area contributed by atoms with Crippen LogP contribution in [0.5, 0.6) is 5.75 Å². The van der Waals surface area contributed by atoms with Crippen LogP contribution in [0, 0.1) is 6.92 Å². The van der Waals surface area contributed by atoms with Crippen molar-refractivity contribution in [3.8, 4) is 5.75 Å². The fourth-order valence-electron chi connectivity index (χ4n) is 3.97. The summed E-state index contributed by atoms with van der Waals surface area (Å²) in [6, 6.07) is 6.91. The Hall–Kier alpha value is -3.61. The van der Waals surface area contributed by atoms with Crippen molar-refractivity contribution in [3.63, 3.8) is 0 Å². The highest BCUT2D eigenvalue weighted by Gasteiger charge is 2.35. The summed E-state index contributed by atoms with van der Waals surface area (Å²) < 4.78 is 16.6. The summed E-state index contributed by atoms with van der Waals surface area (Å²) in [4.78, 5) is 38.6. The summed E-state index contributed by atoms with van der Waals surface area (Å²) >= 11 is 0. The van der Waals surface area contributed by atoms with Crippen LogP contribution in [-0.2, 0) is 25.7 Å². The summed E-state index contributed by atoms with van der Waals surface area (Å²) in [5, 5.41) is 18.9.